The van der Waals surface area contributed by atoms with Crippen LogP contribution in [0, 0.1) is 5.41 Å². The molecular weight excluding hydrogens is 322 g/mol. The molecule has 2 aliphatic rings. The molecule has 1 spiro atoms. The smallest absolute Gasteiger partial charge is 0.144 e. The number of ether oxygens (including phenoxy) is 1. The van der Waals surface area contributed by atoms with Crippen molar-refractivity contribution in [3.63, 3.8) is 0 Å². The van der Waals surface area contributed by atoms with E-state index in [0.717, 1.165) is 5.56 Å². The van der Waals surface area contributed by atoms with Gasteiger partial charge in [0.05, 0.1) is 6.10 Å². The molecule has 148 valence electrons. The average molecular weight is 362 g/mol. The van der Waals surface area contributed by atoms with E-state index in [2.05, 4.69) is 17.6 Å². The Hall–Kier alpha value is -1.38. The van der Waals surface area contributed by atoms with E-state index in [9.17, 15) is 0 Å². The van der Waals surface area contributed by atoms with E-state index in [0.29, 0.717) is 5.41 Å². The van der Waals surface area contributed by atoms with Gasteiger partial charge in [0.25, 0.3) is 0 Å². The molecule has 1 heterocycles. The standard InChI is InChI=1S/C11H17N.C9H12O2.C2H6.CH4/c1-2-10-4-3-5-11(10)6-8-12-9-7-11;1-8(11-7-10)9-5-3-2-4-6-9;1-2;/h12H,1,3-9H2;2-6,8,10H,7H2,1H3;1-2H3;1H4. The van der Waals surface area contributed by atoms with Gasteiger partial charge in [0.1, 0.15) is 6.79 Å². The summed E-state index contributed by atoms with van der Waals surface area (Å²) in [7, 11) is 0. The molecule has 0 aromatic heterocycles. The van der Waals surface area contributed by atoms with Gasteiger partial charge in [-0.1, -0.05) is 58.2 Å². The zero-order valence-electron chi connectivity index (χ0n) is 16.2. The fourth-order valence-corrected chi connectivity index (χ4v) is 3.68. The molecule has 1 aromatic rings. The first-order valence-electron chi connectivity index (χ1n) is 9.59. The highest BCUT2D eigenvalue weighted by Gasteiger charge is 2.38. The van der Waals surface area contributed by atoms with E-state index in [4.69, 9.17) is 9.84 Å². The molecule has 3 nitrogen and oxygen atoms in total. The highest BCUT2D eigenvalue weighted by atomic mass is 16.6. The van der Waals surface area contributed by atoms with E-state index in [-0.39, 0.29) is 20.3 Å². The molecule has 1 unspecified atom stereocenters. The van der Waals surface area contributed by atoms with Crippen LogP contribution in [0.1, 0.15) is 72.0 Å². The van der Waals surface area contributed by atoms with Crippen LogP contribution in [-0.4, -0.2) is 25.0 Å². The Kier molecular flexibility index (Phi) is 13.0. The van der Waals surface area contributed by atoms with E-state index in [1.54, 1.807) is 0 Å². The van der Waals surface area contributed by atoms with E-state index in [1.807, 2.05) is 51.1 Å². The molecule has 2 N–H and O–H groups in total. The zero-order valence-corrected chi connectivity index (χ0v) is 16.2. The number of benzene rings is 1. The van der Waals surface area contributed by atoms with Gasteiger partial charge in [0, 0.05) is 5.41 Å². The van der Waals surface area contributed by atoms with Crippen molar-refractivity contribution in [2.75, 3.05) is 19.9 Å². The Labute approximate surface area is 161 Å². The van der Waals surface area contributed by atoms with Crippen molar-refractivity contribution in [1.82, 2.24) is 5.32 Å². The van der Waals surface area contributed by atoms with Crippen LogP contribution in [0.5, 0.6) is 0 Å². The van der Waals surface area contributed by atoms with E-state index < -0.39 is 0 Å². The van der Waals surface area contributed by atoms with Crippen molar-refractivity contribution >= 4 is 0 Å². The summed E-state index contributed by atoms with van der Waals surface area (Å²) >= 11 is 0. The number of piperidine rings is 1. The summed E-state index contributed by atoms with van der Waals surface area (Å²) < 4.78 is 4.98. The Balaban J connectivity index is 0.000000426. The average Bonchev–Trinajstić information content (AvgIpc) is 3.07. The van der Waals surface area contributed by atoms with Crippen molar-refractivity contribution in [2.24, 2.45) is 5.41 Å². The molecule has 1 atom stereocenters. The van der Waals surface area contributed by atoms with Crippen molar-refractivity contribution in [3.05, 3.63) is 53.8 Å². The molecule has 2 fully saturated rings. The van der Waals surface area contributed by atoms with Crippen LogP contribution >= 0.6 is 0 Å². The number of hydrogen-bond acceptors (Lipinski definition) is 3. The zero-order chi connectivity index (χ0) is 18.5. The third-order valence-corrected chi connectivity index (χ3v) is 5.09. The summed E-state index contributed by atoms with van der Waals surface area (Å²) in [5.41, 5.74) is 6.29. The number of aliphatic hydroxyl groups excluding tert-OH is 1. The highest BCUT2D eigenvalue weighted by molar-refractivity contribution is 5.19. The number of aliphatic hydroxyl groups is 1. The fourth-order valence-electron chi connectivity index (χ4n) is 3.68. The Morgan fingerprint density at radius 1 is 1.19 bits per heavy atom. The topological polar surface area (TPSA) is 41.5 Å². The highest BCUT2D eigenvalue weighted by Crippen LogP contribution is 2.48. The van der Waals surface area contributed by atoms with Gasteiger partial charge in [-0.2, -0.15) is 0 Å². The van der Waals surface area contributed by atoms with Gasteiger partial charge in [0.15, 0.2) is 0 Å². The molecule has 3 heteroatoms. The molecule has 1 saturated heterocycles. The summed E-state index contributed by atoms with van der Waals surface area (Å²) in [6.07, 6.45) is 6.59. The van der Waals surface area contributed by atoms with Crippen LogP contribution < -0.4 is 5.32 Å². The molecule has 3 rings (SSSR count). The SMILES string of the molecule is C.C=C=C1CCCC12CCNCC2.CC.CC(OCO)c1ccccc1. The van der Waals surface area contributed by atoms with E-state index in [1.165, 1.54) is 50.8 Å². The monoisotopic (exact) mass is 361 g/mol. The summed E-state index contributed by atoms with van der Waals surface area (Å²) in [5.74, 6) is 0. The minimum Gasteiger partial charge on any atom is -0.371 e. The van der Waals surface area contributed by atoms with Crippen molar-refractivity contribution in [2.45, 2.75) is 66.4 Å². The molecule has 1 aliphatic heterocycles. The van der Waals surface area contributed by atoms with Gasteiger partial charge >= 0.3 is 0 Å². The van der Waals surface area contributed by atoms with Gasteiger partial charge in [0.2, 0.25) is 0 Å². The van der Waals surface area contributed by atoms with Crippen LogP contribution in [0.2, 0.25) is 0 Å². The number of nitrogens with one attached hydrogen (secondary N) is 1. The molecular formula is C23H39NO2. The molecule has 0 bridgehead atoms. The first-order valence-corrected chi connectivity index (χ1v) is 9.59. The number of allylic oxidation sites excluding steroid dienone is 1. The lowest BCUT2D eigenvalue weighted by molar-refractivity contribution is -0.0437. The fraction of sp³-hybridized carbons (Fsp3) is 0.609. The lowest BCUT2D eigenvalue weighted by atomic mass is 9.75. The van der Waals surface area contributed by atoms with Gasteiger partial charge in [-0.15, -0.1) is 5.73 Å². The maximum Gasteiger partial charge on any atom is 0.144 e. The maximum atomic E-state index is 8.48. The Morgan fingerprint density at radius 3 is 2.35 bits per heavy atom. The lowest BCUT2D eigenvalue weighted by Crippen LogP contribution is -2.35. The van der Waals surface area contributed by atoms with Crippen molar-refractivity contribution < 1.29 is 9.84 Å². The minimum atomic E-state index is -0.226. The van der Waals surface area contributed by atoms with Gasteiger partial charge in [-0.3, -0.25) is 0 Å². The van der Waals surface area contributed by atoms with Crippen LogP contribution in [0.4, 0.5) is 0 Å². The van der Waals surface area contributed by atoms with Gasteiger partial charge < -0.3 is 15.2 Å². The third-order valence-electron chi connectivity index (χ3n) is 5.09. The van der Waals surface area contributed by atoms with Gasteiger partial charge in [-0.25, -0.2) is 0 Å². The van der Waals surface area contributed by atoms with Crippen molar-refractivity contribution in [1.29, 1.82) is 0 Å². The molecule has 26 heavy (non-hydrogen) atoms. The second kappa shape index (κ2) is 13.8. The second-order valence-corrected chi connectivity index (χ2v) is 6.39. The number of hydrogen-bond donors (Lipinski definition) is 2. The summed E-state index contributed by atoms with van der Waals surface area (Å²) in [6, 6.07) is 9.80. The van der Waals surface area contributed by atoms with Crippen LogP contribution in [0.3, 0.4) is 0 Å². The summed E-state index contributed by atoms with van der Waals surface area (Å²) in [5, 5.41) is 11.9. The van der Waals surface area contributed by atoms with Crippen LogP contribution in [-0.2, 0) is 4.74 Å². The van der Waals surface area contributed by atoms with Crippen LogP contribution in [0.25, 0.3) is 0 Å². The second-order valence-electron chi connectivity index (χ2n) is 6.39. The third kappa shape index (κ3) is 7.09. The Morgan fingerprint density at radius 2 is 1.81 bits per heavy atom. The van der Waals surface area contributed by atoms with E-state index >= 15 is 0 Å². The molecule has 1 aromatic carbocycles. The Bertz CT molecular complexity index is 514. The first-order chi connectivity index (χ1) is 12.2. The normalized spacial score (nSPS) is 18.4. The van der Waals surface area contributed by atoms with Crippen LogP contribution in [0.15, 0.2) is 48.2 Å². The lowest BCUT2D eigenvalue weighted by Gasteiger charge is -2.34. The predicted octanol–water partition coefficient (Wildman–Crippen LogP) is 5.63. The quantitative estimate of drug-likeness (QED) is 0.542. The number of rotatable bonds is 3. The maximum absolute atomic E-state index is 8.48. The first kappa shape index (κ1) is 24.6. The largest absolute Gasteiger partial charge is 0.371 e. The predicted molar refractivity (Wildman–Crippen MR) is 112 cm³/mol. The minimum absolute atomic E-state index is 0. The van der Waals surface area contributed by atoms with Crippen molar-refractivity contribution in [3.8, 4) is 0 Å². The molecule has 0 amide bonds. The molecule has 1 saturated carbocycles. The van der Waals surface area contributed by atoms with Gasteiger partial charge in [-0.05, 0) is 63.3 Å². The molecule has 0 radical (unpaired) electrons. The summed E-state index contributed by atoms with van der Waals surface area (Å²) in [4.78, 5) is 0. The summed E-state index contributed by atoms with van der Waals surface area (Å²) in [6.45, 7) is 11.9. The molecule has 1 aliphatic carbocycles.